The first-order chi connectivity index (χ1) is 8.83. The van der Waals surface area contributed by atoms with Crippen LogP contribution in [0.1, 0.15) is 24.6 Å². The van der Waals surface area contributed by atoms with E-state index in [1.807, 2.05) is 17.7 Å². The predicted octanol–water partition coefficient (Wildman–Crippen LogP) is 1.13. The monoisotopic (exact) mass is 244 g/mol. The summed E-state index contributed by atoms with van der Waals surface area (Å²) >= 11 is 0. The average molecular weight is 244 g/mol. The maximum atomic E-state index is 5.55. The molecule has 6 nitrogen and oxygen atoms in total. The third kappa shape index (κ3) is 1.65. The lowest BCUT2D eigenvalue weighted by atomic mass is 10.2. The summed E-state index contributed by atoms with van der Waals surface area (Å²) < 4.78 is 1.89. The Labute approximate surface area is 105 Å². The van der Waals surface area contributed by atoms with Crippen LogP contribution in [0.4, 0.5) is 5.82 Å². The average Bonchev–Trinajstić information content (AvgIpc) is 3.05. The van der Waals surface area contributed by atoms with Gasteiger partial charge >= 0.3 is 0 Å². The minimum atomic E-state index is 0.697. The molecule has 0 aliphatic heterocycles. The molecule has 0 fully saturated rings. The van der Waals surface area contributed by atoms with Crippen molar-refractivity contribution in [2.45, 2.75) is 32.7 Å². The molecule has 0 amide bonds. The zero-order valence-corrected chi connectivity index (χ0v) is 10.3. The van der Waals surface area contributed by atoms with Crippen LogP contribution in [0.15, 0.2) is 12.3 Å². The molecule has 2 heterocycles. The van der Waals surface area contributed by atoms with Crippen LogP contribution < -0.4 is 11.3 Å². The third-order valence-electron chi connectivity index (χ3n) is 3.32. The highest BCUT2D eigenvalue weighted by Gasteiger charge is 2.20. The van der Waals surface area contributed by atoms with Gasteiger partial charge in [-0.3, -0.25) is 4.68 Å². The number of hydrazine groups is 1. The molecular weight excluding hydrogens is 228 g/mol. The Morgan fingerprint density at radius 2 is 2.28 bits per heavy atom. The minimum Gasteiger partial charge on any atom is -0.308 e. The van der Waals surface area contributed by atoms with Gasteiger partial charge in [-0.25, -0.2) is 15.8 Å². The molecule has 1 aliphatic carbocycles. The van der Waals surface area contributed by atoms with Crippen molar-refractivity contribution in [1.29, 1.82) is 0 Å². The van der Waals surface area contributed by atoms with E-state index in [0.29, 0.717) is 5.82 Å². The van der Waals surface area contributed by atoms with Crippen molar-refractivity contribution in [2.24, 2.45) is 5.84 Å². The predicted molar refractivity (Wildman–Crippen MR) is 68.8 cm³/mol. The Bertz CT molecular complexity index is 574. The third-order valence-corrected chi connectivity index (χ3v) is 3.32. The Kier molecular flexibility index (Phi) is 2.71. The number of rotatable bonds is 3. The van der Waals surface area contributed by atoms with Gasteiger partial charge < -0.3 is 5.43 Å². The van der Waals surface area contributed by atoms with Gasteiger partial charge in [0.2, 0.25) is 0 Å². The summed E-state index contributed by atoms with van der Waals surface area (Å²) in [5.41, 5.74) is 5.88. The van der Waals surface area contributed by atoms with Crippen molar-refractivity contribution < 1.29 is 0 Å². The number of nitrogens with one attached hydrogen (secondary N) is 1. The molecule has 1 aliphatic rings. The van der Waals surface area contributed by atoms with Crippen molar-refractivity contribution in [3.05, 3.63) is 23.5 Å². The zero-order chi connectivity index (χ0) is 12.5. The first-order valence-corrected chi connectivity index (χ1v) is 6.22. The summed E-state index contributed by atoms with van der Waals surface area (Å²) in [6.07, 6.45) is 4.89. The zero-order valence-electron chi connectivity index (χ0n) is 10.3. The second kappa shape index (κ2) is 4.38. The summed E-state index contributed by atoms with van der Waals surface area (Å²) in [6, 6.07) is 1.93. The normalized spacial score (nSPS) is 13.7. The van der Waals surface area contributed by atoms with E-state index in [0.717, 1.165) is 48.6 Å². The van der Waals surface area contributed by atoms with Crippen molar-refractivity contribution in [3.8, 4) is 11.5 Å². The number of hydrogen-bond acceptors (Lipinski definition) is 5. The molecular formula is C12H16N6. The largest absolute Gasteiger partial charge is 0.308 e. The Morgan fingerprint density at radius 3 is 3.06 bits per heavy atom. The van der Waals surface area contributed by atoms with Crippen LogP contribution in [-0.4, -0.2) is 19.7 Å². The van der Waals surface area contributed by atoms with E-state index in [9.17, 15) is 0 Å². The fraction of sp³-hybridized carbons (Fsp3) is 0.417. The fourth-order valence-corrected chi connectivity index (χ4v) is 2.44. The van der Waals surface area contributed by atoms with Gasteiger partial charge in [0.05, 0.1) is 0 Å². The number of aromatic nitrogens is 4. The van der Waals surface area contributed by atoms with Crippen molar-refractivity contribution >= 4 is 5.82 Å². The first kappa shape index (κ1) is 11.2. The molecule has 0 aromatic carbocycles. The fourth-order valence-electron chi connectivity index (χ4n) is 2.44. The van der Waals surface area contributed by atoms with Gasteiger partial charge in [0.25, 0.3) is 0 Å². The van der Waals surface area contributed by atoms with E-state index in [2.05, 4.69) is 20.5 Å². The maximum absolute atomic E-state index is 5.55. The van der Waals surface area contributed by atoms with Gasteiger partial charge in [-0.15, -0.1) is 0 Å². The second-order valence-electron chi connectivity index (χ2n) is 4.35. The molecule has 0 bridgehead atoms. The van der Waals surface area contributed by atoms with E-state index in [4.69, 9.17) is 5.84 Å². The van der Waals surface area contributed by atoms with Crippen LogP contribution in [0.2, 0.25) is 0 Å². The highest BCUT2D eigenvalue weighted by molar-refractivity contribution is 5.57. The summed E-state index contributed by atoms with van der Waals surface area (Å²) in [5.74, 6) is 7.00. The number of anilines is 1. The SMILES string of the molecule is CCn1nccc1-c1nc2c(c(NN)n1)CCC2. The quantitative estimate of drug-likeness (QED) is 0.625. The van der Waals surface area contributed by atoms with Gasteiger partial charge in [-0.1, -0.05) is 0 Å². The Balaban J connectivity index is 2.13. The molecule has 18 heavy (non-hydrogen) atoms. The minimum absolute atomic E-state index is 0.697. The molecule has 2 aromatic heterocycles. The van der Waals surface area contributed by atoms with Gasteiger partial charge in [0.15, 0.2) is 5.82 Å². The Hall–Kier alpha value is -1.95. The number of aryl methyl sites for hydroxylation is 2. The first-order valence-electron chi connectivity index (χ1n) is 6.22. The molecule has 0 saturated heterocycles. The topological polar surface area (TPSA) is 81.7 Å². The summed E-state index contributed by atoms with van der Waals surface area (Å²) in [7, 11) is 0. The molecule has 0 unspecified atom stereocenters. The van der Waals surface area contributed by atoms with Crippen LogP contribution in [0.25, 0.3) is 11.5 Å². The molecule has 3 rings (SSSR count). The van der Waals surface area contributed by atoms with Crippen LogP contribution >= 0.6 is 0 Å². The number of nitrogens with two attached hydrogens (primary N) is 1. The van der Waals surface area contributed by atoms with Crippen molar-refractivity contribution in [2.75, 3.05) is 5.43 Å². The lowest BCUT2D eigenvalue weighted by Crippen LogP contribution is -2.13. The highest BCUT2D eigenvalue weighted by atomic mass is 15.3. The van der Waals surface area contributed by atoms with Crippen molar-refractivity contribution in [3.63, 3.8) is 0 Å². The van der Waals surface area contributed by atoms with Crippen LogP contribution in [-0.2, 0) is 19.4 Å². The summed E-state index contributed by atoms with van der Waals surface area (Å²) in [6.45, 7) is 2.85. The molecule has 94 valence electrons. The van der Waals surface area contributed by atoms with Crippen LogP contribution in [0.5, 0.6) is 0 Å². The van der Waals surface area contributed by atoms with Crippen LogP contribution in [0, 0.1) is 0 Å². The van der Waals surface area contributed by atoms with E-state index >= 15 is 0 Å². The van der Waals surface area contributed by atoms with E-state index in [1.165, 1.54) is 0 Å². The molecule has 0 saturated carbocycles. The van der Waals surface area contributed by atoms with Gasteiger partial charge in [0.1, 0.15) is 11.5 Å². The maximum Gasteiger partial charge on any atom is 0.180 e. The smallest absolute Gasteiger partial charge is 0.180 e. The van der Waals surface area contributed by atoms with E-state index < -0.39 is 0 Å². The standard InChI is InChI=1S/C12H16N6/c1-2-18-10(6-7-14-18)12-15-9-5-3-4-8(9)11(16-12)17-13/h6-7H,2-5,13H2,1H3,(H,15,16,17). The van der Waals surface area contributed by atoms with E-state index in [-0.39, 0.29) is 0 Å². The molecule has 2 aromatic rings. The highest BCUT2D eigenvalue weighted by Crippen LogP contribution is 2.28. The van der Waals surface area contributed by atoms with Gasteiger partial charge in [-0.2, -0.15) is 5.10 Å². The number of fused-ring (bicyclic) bond motifs is 1. The number of hydrogen-bond donors (Lipinski definition) is 2. The molecule has 0 spiro atoms. The number of nitrogen functional groups attached to an aromatic ring is 1. The van der Waals surface area contributed by atoms with Crippen molar-refractivity contribution in [1.82, 2.24) is 19.7 Å². The number of nitrogens with zero attached hydrogens (tertiary/aromatic N) is 4. The Morgan fingerprint density at radius 1 is 1.39 bits per heavy atom. The van der Waals surface area contributed by atoms with E-state index in [1.54, 1.807) is 6.20 Å². The summed E-state index contributed by atoms with van der Waals surface area (Å²) in [5, 5.41) is 4.25. The molecule has 6 heteroatoms. The lowest BCUT2D eigenvalue weighted by Gasteiger charge is -2.10. The van der Waals surface area contributed by atoms with Crippen LogP contribution in [0.3, 0.4) is 0 Å². The van der Waals surface area contributed by atoms with Gasteiger partial charge in [-0.05, 0) is 32.3 Å². The molecule has 3 N–H and O–H groups in total. The summed E-state index contributed by atoms with van der Waals surface area (Å²) in [4.78, 5) is 9.15. The molecule has 0 atom stereocenters. The van der Waals surface area contributed by atoms with Gasteiger partial charge in [0, 0.05) is 24.0 Å². The second-order valence-corrected chi connectivity index (χ2v) is 4.35. The molecule has 0 radical (unpaired) electrons. The lowest BCUT2D eigenvalue weighted by molar-refractivity contribution is 0.663.